The number of hydrogen-bond acceptors (Lipinski definition) is 3. The second-order valence-electron chi connectivity index (χ2n) is 4.22. The fourth-order valence-electron chi connectivity index (χ4n) is 1.90. The second kappa shape index (κ2) is 6.36. The summed E-state index contributed by atoms with van der Waals surface area (Å²) >= 11 is 6.14. The van der Waals surface area contributed by atoms with E-state index in [0.29, 0.717) is 19.8 Å². The van der Waals surface area contributed by atoms with Crippen LogP contribution in [0.3, 0.4) is 0 Å². The molecular weight excluding hydrogens is 238 g/mol. The zero-order chi connectivity index (χ0) is 12.1. The maximum atomic E-state index is 6.14. The molecule has 2 atom stereocenters. The summed E-state index contributed by atoms with van der Waals surface area (Å²) < 4.78 is 10.9. The van der Waals surface area contributed by atoms with Crippen LogP contribution >= 0.6 is 11.6 Å². The van der Waals surface area contributed by atoms with Crippen molar-refractivity contribution >= 4 is 11.6 Å². The van der Waals surface area contributed by atoms with Crippen LogP contribution in [0.4, 0.5) is 0 Å². The van der Waals surface area contributed by atoms with E-state index in [1.807, 2.05) is 24.3 Å². The molecule has 3 nitrogen and oxygen atoms in total. The third kappa shape index (κ3) is 3.68. The van der Waals surface area contributed by atoms with Crippen molar-refractivity contribution in [2.45, 2.75) is 19.1 Å². The lowest BCUT2D eigenvalue weighted by Gasteiger charge is -2.25. The molecule has 1 fully saturated rings. The summed E-state index contributed by atoms with van der Waals surface area (Å²) in [6.07, 6.45) is 0.147. The van der Waals surface area contributed by atoms with Gasteiger partial charge in [-0.3, -0.25) is 0 Å². The SMILES string of the molecule is CC(NCC1COCCO1)c1ccccc1Cl. The van der Waals surface area contributed by atoms with Crippen LogP contribution < -0.4 is 5.32 Å². The molecule has 1 saturated heterocycles. The lowest BCUT2D eigenvalue weighted by atomic mass is 10.1. The first-order valence-corrected chi connectivity index (χ1v) is 6.32. The van der Waals surface area contributed by atoms with Crippen LogP contribution in [-0.2, 0) is 9.47 Å². The smallest absolute Gasteiger partial charge is 0.0933 e. The van der Waals surface area contributed by atoms with Crippen LogP contribution in [0.2, 0.25) is 5.02 Å². The third-order valence-electron chi connectivity index (χ3n) is 2.91. The highest BCUT2D eigenvalue weighted by Gasteiger charge is 2.16. The normalized spacial score (nSPS) is 22.4. The maximum Gasteiger partial charge on any atom is 0.0933 e. The predicted molar refractivity (Wildman–Crippen MR) is 68.4 cm³/mol. The van der Waals surface area contributed by atoms with E-state index in [4.69, 9.17) is 21.1 Å². The van der Waals surface area contributed by atoms with Gasteiger partial charge in [0.05, 0.1) is 25.9 Å². The molecule has 1 aliphatic heterocycles. The molecule has 1 aromatic carbocycles. The predicted octanol–water partition coefficient (Wildman–Crippen LogP) is 2.41. The Morgan fingerprint density at radius 1 is 1.41 bits per heavy atom. The molecule has 2 rings (SSSR count). The molecule has 94 valence electrons. The Bertz CT molecular complexity index is 353. The summed E-state index contributed by atoms with van der Waals surface area (Å²) in [4.78, 5) is 0. The van der Waals surface area contributed by atoms with Crippen molar-refractivity contribution in [1.82, 2.24) is 5.32 Å². The Morgan fingerprint density at radius 3 is 2.94 bits per heavy atom. The van der Waals surface area contributed by atoms with Crippen molar-refractivity contribution in [2.24, 2.45) is 0 Å². The highest BCUT2D eigenvalue weighted by atomic mass is 35.5. The number of halogens is 1. The fourth-order valence-corrected chi connectivity index (χ4v) is 2.20. The average Bonchev–Trinajstić information content (AvgIpc) is 2.38. The molecule has 0 spiro atoms. The summed E-state index contributed by atoms with van der Waals surface area (Å²) in [6, 6.07) is 8.11. The summed E-state index contributed by atoms with van der Waals surface area (Å²) in [5, 5.41) is 4.22. The van der Waals surface area contributed by atoms with Gasteiger partial charge in [-0.25, -0.2) is 0 Å². The van der Waals surface area contributed by atoms with E-state index in [9.17, 15) is 0 Å². The number of rotatable bonds is 4. The maximum absolute atomic E-state index is 6.14. The van der Waals surface area contributed by atoms with E-state index in [1.165, 1.54) is 0 Å². The van der Waals surface area contributed by atoms with E-state index in [2.05, 4.69) is 12.2 Å². The second-order valence-corrected chi connectivity index (χ2v) is 4.63. The molecule has 1 aromatic rings. The Hall–Kier alpha value is -0.610. The van der Waals surface area contributed by atoms with E-state index in [-0.39, 0.29) is 12.1 Å². The topological polar surface area (TPSA) is 30.5 Å². The number of nitrogens with one attached hydrogen (secondary N) is 1. The number of benzene rings is 1. The summed E-state index contributed by atoms with van der Waals surface area (Å²) in [5.74, 6) is 0. The van der Waals surface area contributed by atoms with Crippen molar-refractivity contribution in [3.63, 3.8) is 0 Å². The third-order valence-corrected chi connectivity index (χ3v) is 3.25. The van der Waals surface area contributed by atoms with Gasteiger partial charge in [-0.2, -0.15) is 0 Å². The molecule has 0 saturated carbocycles. The van der Waals surface area contributed by atoms with Crippen molar-refractivity contribution in [2.75, 3.05) is 26.4 Å². The van der Waals surface area contributed by atoms with Crippen LogP contribution in [0.1, 0.15) is 18.5 Å². The standard InChI is InChI=1S/C13H18ClNO2/c1-10(12-4-2-3-5-13(12)14)15-8-11-9-16-6-7-17-11/h2-5,10-11,15H,6-9H2,1H3. The van der Waals surface area contributed by atoms with E-state index in [0.717, 1.165) is 17.1 Å². The average molecular weight is 256 g/mol. The van der Waals surface area contributed by atoms with Crippen LogP contribution in [0.5, 0.6) is 0 Å². The zero-order valence-electron chi connectivity index (χ0n) is 9.99. The van der Waals surface area contributed by atoms with Gasteiger partial charge < -0.3 is 14.8 Å². The molecule has 1 heterocycles. The van der Waals surface area contributed by atoms with Crippen LogP contribution in [0, 0.1) is 0 Å². The Morgan fingerprint density at radius 2 is 2.24 bits per heavy atom. The fraction of sp³-hybridized carbons (Fsp3) is 0.538. The minimum Gasteiger partial charge on any atom is -0.376 e. The van der Waals surface area contributed by atoms with Crippen LogP contribution in [0.25, 0.3) is 0 Å². The molecule has 0 aliphatic carbocycles. The summed E-state index contributed by atoms with van der Waals surface area (Å²) in [7, 11) is 0. The Labute approximate surface area is 107 Å². The minimum atomic E-state index is 0.147. The Balaban J connectivity index is 1.84. The highest BCUT2D eigenvalue weighted by Crippen LogP contribution is 2.22. The first kappa shape index (κ1) is 12.8. The lowest BCUT2D eigenvalue weighted by molar-refractivity contribution is -0.0869. The largest absolute Gasteiger partial charge is 0.376 e. The van der Waals surface area contributed by atoms with Gasteiger partial charge in [0.25, 0.3) is 0 Å². The van der Waals surface area contributed by atoms with Crippen molar-refractivity contribution < 1.29 is 9.47 Å². The summed E-state index contributed by atoms with van der Waals surface area (Å²) in [6.45, 7) is 4.95. The highest BCUT2D eigenvalue weighted by molar-refractivity contribution is 6.31. The van der Waals surface area contributed by atoms with Crippen molar-refractivity contribution in [1.29, 1.82) is 0 Å². The number of hydrogen-bond donors (Lipinski definition) is 1. The van der Waals surface area contributed by atoms with Gasteiger partial charge in [0.1, 0.15) is 0 Å². The molecule has 0 amide bonds. The molecule has 4 heteroatoms. The molecule has 1 aliphatic rings. The van der Waals surface area contributed by atoms with Gasteiger partial charge in [-0.1, -0.05) is 29.8 Å². The molecule has 1 N–H and O–H groups in total. The van der Waals surface area contributed by atoms with Gasteiger partial charge in [0, 0.05) is 17.6 Å². The molecule has 0 radical (unpaired) electrons. The lowest BCUT2D eigenvalue weighted by Crippen LogP contribution is -2.38. The van der Waals surface area contributed by atoms with Crippen LogP contribution in [0.15, 0.2) is 24.3 Å². The van der Waals surface area contributed by atoms with Crippen molar-refractivity contribution in [3.05, 3.63) is 34.9 Å². The van der Waals surface area contributed by atoms with Gasteiger partial charge in [-0.05, 0) is 18.6 Å². The Kier molecular flexibility index (Phi) is 4.80. The monoisotopic (exact) mass is 255 g/mol. The zero-order valence-corrected chi connectivity index (χ0v) is 10.7. The van der Waals surface area contributed by atoms with Gasteiger partial charge in [0.15, 0.2) is 0 Å². The summed E-state index contributed by atoms with van der Waals surface area (Å²) in [5.41, 5.74) is 1.12. The van der Waals surface area contributed by atoms with Gasteiger partial charge in [-0.15, -0.1) is 0 Å². The van der Waals surface area contributed by atoms with E-state index < -0.39 is 0 Å². The van der Waals surface area contributed by atoms with E-state index in [1.54, 1.807) is 0 Å². The van der Waals surface area contributed by atoms with Gasteiger partial charge >= 0.3 is 0 Å². The van der Waals surface area contributed by atoms with Gasteiger partial charge in [0.2, 0.25) is 0 Å². The van der Waals surface area contributed by atoms with E-state index >= 15 is 0 Å². The first-order chi connectivity index (χ1) is 8.27. The number of ether oxygens (including phenoxy) is 2. The minimum absolute atomic E-state index is 0.147. The van der Waals surface area contributed by atoms with Crippen LogP contribution in [-0.4, -0.2) is 32.5 Å². The molecule has 0 aromatic heterocycles. The quantitative estimate of drug-likeness (QED) is 0.896. The molecule has 2 unspecified atom stereocenters. The first-order valence-electron chi connectivity index (χ1n) is 5.94. The molecule has 17 heavy (non-hydrogen) atoms. The van der Waals surface area contributed by atoms with Crippen molar-refractivity contribution in [3.8, 4) is 0 Å². The molecule has 0 bridgehead atoms. The molecular formula is C13H18ClNO2.